The first kappa shape index (κ1) is 9.46. The summed E-state index contributed by atoms with van der Waals surface area (Å²) in [5, 5.41) is 7.34. The van der Waals surface area contributed by atoms with Crippen LogP contribution in [0.3, 0.4) is 0 Å². The molecule has 0 radical (unpaired) electrons. The molecule has 2 heterocycles. The zero-order valence-electron chi connectivity index (χ0n) is 9.50. The van der Waals surface area contributed by atoms with E-state index < -0.39 is 0 Å². The highest BCUT2D eigenvalue weighted by Gasteiger charge is 2.21. The predicted octanol–water partition coefficient (Wildman–Crippen LogP) is 2.93. The predicted molar refractivity (Wildman–Crippen MR) is 63.6 cm³/mol. The monoisotopic (exact) mass is 214 g/mol. The van der Waals surface area contributed by atoms with Crippen LogP contribution in [-0.4, -0.2) is 11.7 Å². The Hall–Kier alpha value is -1.77. The Labute approximate surface area is 94.5 Å². The molecule has 82 valence electrons. The third-order valence-corrected chi connectivity index (χ3v) is 2.94. The Balaban J connectivity index is 2.15. The molecule has 16 heavy (non-hydrogen) atoms. The molecule has 2 aromatic rings. The second-order valence-electron chi connectivity index (χ2n) is 4.39. The van der Waals surface area contributed by atoms with E-state index >= 15 is 0 Å². The zero-order chi connectivity index (χ0) is 11.1. The Morgan fingerprint density at radius 1 is 1.19 bits per heavy atom. The lowest BCUT2D eigenvalue weighted by molar-refractivity contribution is 0.436. The maximum absolute atomic E-state index is 5.28. The first-order valence-corrected chi connectivity index (χ1v) is 5.55. The first-order valence-electron chi connectivity index (χ1n) is 5.55. The van der Waals surface area contributed by atoms with Crippen LogP contribution in [0.5, 0.6) is 0 Å². The molecule has 0 spiro atoms. The lowest BCUT2D eigenvalue weighted by Crippen LogP contribution is -1.93. The summed E-state index contributed by atoms with van der Waals surface area (Å²) >= 11 is 0. The number of hydrogen-bond donors (Lipinski definition) is 1. The second kappa shape index (κ2) is 3.37. The van der Waals surface area contributed by atoms with Gasteiger partial charge in [-0.3, -0.25) is 0 Å². The van der Waals surface area contributed by atoms with Gasteiger partial charge >= 0.3 is 0 Å². The summed E-state index contributed by atoms with van der Waals surface area (Å²) in [5.41, 5.74) is 5.89. The molecule has 0 unspecified atom stereocenters. The summed E-state index contributed by atoms with van der Waals surface area (Å²) in [6.07, 6.45) is 1.00. The summed E-state index contributed by atoms with van der Waals surface area (Å²) < 4.78 is 5.28. The Bertz CT molecular complexity index is 523. The third kappa shape index (κ3) is 1.40. The van der Waals surface area contributed by atoms with Crippen LogP contribution in [0.25, 0.3) is 11.3 Å². The van der Waals surface area contributed by atoms with Crippen LogP contribution in [0.1, 0.15) is 16.7 Å². The fraction of sp³-hybridized carbons (Fsp3) is 0.308. The molecular formula is C13H14N2O. The number of hydrogen-bond acceptors (Lipinski definition) is 3. The molecule has 0 amide bonds. The van der Waals surface area contributed by atoms with Gasteiger partial charge in [0.05, 0.1) is 0 Å². The van der Waals surface area contributed by atoms with Crippen LogP contribution in [0.4, 0.5) is 5.88 Å². The van der Waals surface area contributed by atoms with Gasteiger partial charge < -0.3 is 9.84 Å². The van der Waals surface area contributed by atoms with Crippen molar-refractivity contribution in [1.29, 1.82) is 0 Å². The lowest BCUT2D eigenvalue weighted by atomic mass is 10.0. The smallest absolute Gasteiger partial charge is 0.228 e. The maximum atomic E-state index is 5.28. The van der Waals surface area contributed by atoms with Crippen LogP contribution < -0.4 is 5.32 Å². The quantitative estimate of drug-likeness (QED) is 0.793. The number of nitrogens with one attached hydrogen (secondary N) is 1. The maximum Gasteiger partial charge on any atom is 0.228 e. The molecule has 0 bridgehead atoms. The van der Waals surface area contributed by atoms with Gasteiger partial charge in [0.15, 0.2) is 0 Å². The fourth-order valence-corrected chi connectivity index (χ4v) is 2.32. The summed E-state index contributed by atoms with van der Waals surface area (Å²) in [7, 11) is 0. The molecule has 1 aliphatic rings. The van der Waals surface area contributed by atoms with E-state index in [9.17, 15) is 0 Å². The van der Waals surface area contributed by atoms with Crippen molar-refractivity contribution in [2.75, 3.05) is 11.9 Å². The minimum Gasteiger partial charge on any atom is -0.353 e. The largest absolute Gasteiger partial charge is 0.353 e. The highest BCUT2D eigenvalue weighted by molar-refractivity contribution is 5.70. The number of rotatable bonds is 1. The van der Waals surface area contributed by atoms with Gasteiger partial charge in [0.2, 0.25) is 5.88 Å². The Morgan fingerprint density at radius 3 is 2.69 bits per heavy atom. The number of nitrogens with zero attached hydrogens (tertiary/aromatic N) is 1. The molecule has 0 atom stereocenters. The van der Waals surface area contributed by atoms with Crippen molar-refractivity contribution in [3.8, 4) is 11.3 Å². The molecule has 0 fully saturated rings. The Morgan fingerprint density at radius 2 is 1.94 bits per heavy atom. The fourth-order valence-electron chi connectivity index (χ4n) is 2.32. The molecular weight excluding hydrogens is 200 g/mol. The molecule has 0 saturated carbocycles. The highest BCUT2D eigenvalue weighted by Crippen LogP contribution is 2.33. The zero-order valence-corrected chi connectivity index (χ0v) is 9.50. The van der Waals surface area contributed by atoms with E-state index in [-0.39, 0.29) is 0 Å². The minimum absolute atomic E-state index is 0.842. The van der Waals surface area contributed by atoms with Crippen molar-refractivity contribution in [2.24, 2.45) is 0 Å². The summed E-state index contributed by atoms with van der Waals surface area (Å²) in [5.74, 6) is 0.842. The van der Waals surface area contributed by atoms with Gasteiger partial charge in [-0.05, 0) is 32.4 Å². The molecule has 1 aromatic carbocycles. The van der Waals surface area contributed by atoms with Crippen LogP contribution in [0.15, 0.2) is 22.7 Å². The number of anilines is 1. The van der Waals surface area contributed by atoms with Crippen LogP contribution in [0.2, 0.25) is 0 Å². The van der Waals surface area contributed by atoms with Crippen molar-refractivity contribution in [1.82, 2.24) is 5.16 Å². The van der Waals surface area contributed by atoms with E-state index in [1.807, 2.05) is 0 Å². The van der Waals surface area contributed by atoms with Crippen molar-refractivity contribution in [3.63, 3.8) is 0 Å². The molecule has 0 aliphatic carbocycles. The van der Waals surface area contributed by atoms with Gasteiger partial charge in [-0.25, -0.2) is 0 Å². The lowest BCUT2D eigenvalue weighted by Gasteiger charge is -2.02. The van der Waals surface area contributed by atoms with Gasteiger partial charge in [0.25, 0.3) is 0 Å². The van der Waals surface area contributed by atoms with E-state index in [1.54, 1.807) is 0 Å². The number of aromatic nitrogens is 1. The SMILES string of the molecule is Cc1cc(C)cc(-c2noc3c2CCN3)c1. The van der Waals surface area contributed by atoms with Gasteiger partial charge in [0.1, 0.15) is 5.69 Å². The molecule has 3 rings (SSSR count). The summed E-state index contributed by atoms with van der Waals surface area (Å²) in [4.78, 5) is 0. The summed E-state index contributed by atoms with van der Waals surface area (Å²) in [6.45, 7) is 5.17. The van der Waals surface area contributed by atoms with E-state index in [1.165, 1.54) is 16.7 Å². The van der Waals surface area contributed by atoms with E-state index in [2.05, 4.69) is 42.5 Å². The van der Waals surface area contributed by atoms with Crippen molar-refractivity contribution < 1.29 is 4.52 Å². The van der Waals surface area contributed by atoms with Crippen LogP contribution in [-0.2, 0) is 6.42 Å². The van der Waals surface area contributed by atoms with Crippen molar-refractivity contribution >= 4 is 5.88 Å². The van der Waals surface area contributed by atoms with Gasteiger partial charge in [-0.2, -0.15) is 0 Å². The summed E-state index contributed by atoms with van der Waals surface area (Å²) in [6, 6.07) is 6.48. The van der Waals surface area contributed by atoms with E-state index in [0.29, 0.717) is 0 Å². The average molecular weight is 214 g/mol. The van der Waals surface area contributed by atoms with E-state index in [0.717, 1.165) is 30.1 Å². The topological polar surface area (TPSA) is 38.1 Å². The molecule has 1 aliphatic heterocycles. The molecule has 0 saturated heterocycles. The number of fused-ring (bicyclic) bond motifs is 1. The number of aryl methyl sites for hydroxylation is 2. The van der Waals surface area contributed by atoms with E-state index in [4.69, 9.17) is 4.52 Å². The molecule has 1 N–H and O–H groups in total. The molecule has 3 nitrogen and oxygen atoms in total. The van der Waals surface area contributed by atoms with Crippen molar-refractivity contribution in [2.45, 2.75) is 20.3 Å². The first-order chi connectivity index (χ1) is 7.74. The standard InChI is InChI=1S/C13H14N2O/c1-8-5-9(2)7-10(6-8)12-11-3-4-14-13(11)16-15-12/h5-7,14H,3-4H2,1-2H3. The van der Waals surface area contributed by atoms with Gasteiger partial charge in [-0.15, -0.1) is 0 Å². The number of benzene rings is 1. The average Bonchev–Trinajstić information content (AvgIpc) is 2.75. The molecule has 3 heteroatoms. The second-order valence-corrected chi connectivity index (χ2v) is 4.39. The third-order valence-electron chi connectivity index (χ3n) is 2.94. The van der Waals surface area contributed by atoms with Gasteiger partial charge in [0, 0.05) is 17.7 Å². The van der Waals surface area contributed by atoms with Crippen molar-refractivity contribution in [3.05, 3.63) is 34.9 Å². The van der Waals surface area contributed by atoms with Crippen LogP contribution in [0, 0.1) is 13.8 Å². The molecule has 1 aromatic heterocycles. The van der Waals surface area contributed by atoms with Crippen LogP contribution >= 0.6 is 0 Å². The minimum atomic E-state index is 0.842. The Kier molecular flexibility index (Phi) is 1.99. The highest BCUT2D eigenvalue weighted by atomic mass is 16.5. The normalized spacial score (nSPS) is 13.6. The van der Waals surface area contributed by atoms with Gasteiger partial charge in [-0.1, -0.05) is 22.3 Å².